The molecule has 0 aliphatic rings. The molecule has 8 heavy (non-hydrogen) atoms. The summed E-state index contributed by atoms with van der Waals surface area (Å²) in [6, 6.07) is 0. The fourth-order valence-electron chi connectivity index (χ4n) is 0. The van der Waals surface area contributed by atoms with Crippen LogP contribution in [-0.2, 0) is 4.57 Å². The van der Waals surface area contributed by atoms with Gasteiger partial charge in [0, 0.05) is 0 Å². The van der Waals surface area contributed by atoms with E-state index in [-0.39, 0.29) is 48.1 Å². The van der Waals surface area contributed by atoms with Gasteiger partial charge in [0.25, 0.3) is 0 Å². The molecule has 0 aromatic rings. The van der Waals surface area contributed by atoms with Crippen LogP contribution in [0.25, 0.3) is 0 Å². The van der Waals surface area contributed by atoms with Gasteiger partial charge in [-0.3, -0.25) is 0 Å². The number of phosphoric acid groups is 1. The summed E-state index contributed by atoms with van der Waals surface area (Å²) in [5.41, 5.74) is 0. The molecule has 0 unspecified atom stereocenters. The van der Waals surface area contributed by atoms with Crippen LogP contribution in [0.15, 0.2) is 0 Å². The van der Waals surface area contributed by atoms with E-state index in [4.69, 9.17) is 19.2 Å². The molecular formula is H4ClNNaO4P-2. The predicted octanol–water partition coefficient (Wildman–Crippen LogP) is -8.44. The van der Waals surface area contributed by atoms with Gasteiger partial charge < -0.3 is 37.8 Å². The van der Waals surface area contributed by atoms with Crippen LogP contribution in [0.4, 0.5) is 0 Å². The number of halogens is 1. The average Bonchev–Trinajstić information content (AvgIpc) is 0.722. The third-order valence-electron chi connectivity index (χ3n) is 0. The number of hydrogen-bond donors (Lipinski definition) is 1. The van der Waals surface area contributed by atoms with Crippen molar-refractivity contribution in [2.45, 2.75) is 0 Å². The zero-order chi connectivity index (χ0) is 4.50. The Morgan fingerprint density at radius 1 is 1.12 bits per heavy atom. The van der Waals surface area contributed by atoms with Crippen LogP contribution >= 0.6 is 7.82 Å². The molecule has 4 N–H and O–H groups in total. The molecule has 0 spiro atoms. The number of quaternary nitrogens is 1. The third-order valence-corrected chi connectivity index (χ3v) is 0. The van der Waals surface area contributed by atoms with Gasteiger partial charge in [0.2, 0.25) is 0 Å². The monoisotopic (exact) mass is 171 g/mol. The Morgan fingerprint density at radius 3 is 1.12 bits per heavy atom. The van der Waals surface area contributed by atoms with Gasteiger partial charge in [0.1, 0.15) is 0 Å². The van der Waals surface area contributed by atoms with Crippen LogP contribution in [0.2, 0.25) is 0 Å². The molecule has 0 saturated carbocycles. The number of rotatable bonds is 0. The molecule has 5 nitrogen and oxygen atoms in total. The maximum Gasteiger partial charge on any atom is 1.00 e. The fourth-order valence-corrected chi connectivity index (χ4v) is 0. The standard InChI is InChI=1S/ClH.H3N.Na.H3O4P/c;;;1-5(2,3)4/h1H;1H3;;(H3,1,2,3,4)/q;;+1;/p-3. The fraction of sp³-hybridized carbons (Fsp3) is 0. The summed E-state index contributed by atoms with van der Waals surface area (Å²) in [5, 5.41) is 0. The molecule has 0 aliphatic carbocycles. The molecule has 0 amide bonds. The molecule has 0 heterocycles. The molecule has 0 aromatic heterocycles. The van der Waals surface area contributed by atoms with E-state index in [0.717, 1.165) is 0 Å². The topological polar surface area (TPSA) is 123 Å². The van der Waals surface area contributed by atoms with Gasteiger partial charge in [0.05, 0.1) is 0 Å². The van der Waals surface area contributed by atoms with E-state index in [1.165, 1.54) is 0 Å². The first-order chi connectivity index (χ1) is 2.00. The van der Waals surface area contributed by atoms with Crippen molar-refractivity contribution in [1.82, 2.24) is 6.15 Å². The predicted molar refractivity (Wildman–Crippen MR) is 13.6 cm³/mol. The van der Waals surface area contributed by atoms with Crippen LogP contribution in [0.3, 0.4) is 0 Å². The van der Waals surface area contributed by atoms with Gasteiger partial charge in [-0.15, -0.1) is 0 Å². The van der Waals surface area contributed by atoms with Crippen LogP contribution in [0, 0.1) is 0 Å². The van der Waals surface area contributed by atoms with Crippen molar-refractivity contribution in [3.8, 4) is 0 Å². The molecule has 0 aromatic carbocycles. The zero-order valence-corrected chi connectivity index (χ0v) is 8.11. The Hall–Kier alpha value is 1.36. The Labute approximate surface area is 75.0 Å². The van der Waals surface area contributed by atoms with Crippen LogP contribution in [0.1, 0.15) is 0 Å². The summed E-state index contributed by atoms with van der Waals surface area (Å²) in [4.78, 5) is 25.6. The normalized spacial score (nSPS) is 7.38. The van der Waals surface area contributed by atoms with Crippen LogP contribution < -0.4 is 62.8 Å². The first-order valence-corrected chi connectivity index (χ1v) is 2.19. The minimum atomic E-state index is -5.39. The molecule has 0 radical (unpaired) electrons. The summed E-state index contributed by atoms with van der Waals surface area (Å²) in [6.45, 7) is 0. The minimum absolute atomic E-state index is 0. The van der Waals surface area contributed by atoms with E-state index in [1.807, 2.05) is 0 Å². The van der Waals surface area contributed by atoms with Crippen molar-refractivity contribution in [2.24, 2.45) is 0 Å². The summed E-state index contributed by atoms with van der Waals surface area (Å²) < 4.78 is 8.55. The Morgan fingerprint density at radius 2 is 1.12 bits per heavy atom. The summed E-state index contributed by atoms with van der Waals surface area (Å²) in [7, 11) is -5.39. The van der Waals surface area contributed by atoms with E-state index in [2.05, 4.69) is 0 Å². The summed E-state index contributed by atoms with van der Waals surface area (Å²) >= 11 is 0. The molecule has 0 saturated heterocycles. The Balaban J connectivity index is -0.0000000267. The molecule has 0 bridgehead atoms. The van der Waals surface area contributed by atoms with Crippen molar-refractivity contribution in [3.05, 3.63) is 0 Å². The van der Waals surface area contributed by atoms with Gasteiger partial charge in [-0.25, -0.2) is 0 Å². The van der Waals surface area contributed by atoms with Crippen molar-refractivity contribution in [1.29, 1.82) is 0 Å². The van der Waals surface area contributed by atoms with Gasteiger partial charge in [-0.05, 0) is 0 Å². The van der Waals surface area contributed by atoms with Crippen LogP contribution in [-0.4, -0.2) is 0 Å². The Bertz CT molecular complexity index is 62.2. The molecule has 0 atom stereocenters. The second-order valence-corrected chi connectivity index (χ2v) is 1.34. The van der Waals surface area contributed by atoms with Crippen LogP contribution in [0.5, 0.6) is 0 Å². The second-order valence-electron chi connectivity index (χ2n) is 0.447. The second kappa shape index (κ2) is 8.36. The molecule has 8 heteroatoms. The SMILES string of the molecule is O=P([O-])([O-])[O-].[Cl-].[NH4+].[Na+]. The van der Waals surface area contributed by atoms with Gasteiger partial charge >= 0.3 is 29.6 Å². The molecule has 0 fully saturated rings. The van der Waals surface area contributed by atoms with E-state index in [9.17, 15) is 0 Å². The van der Waals surface area contributed by atoms with E-state index >= 15 is 0 Å². The molecular weight excluding hydrogens is 167 g/mol. The van der Waals surface area contributed by atoms with Gasteiger partial charge in [0.15, 0.2) is 0 Å². The maximum absolute atomic E-state index is 8.55. The van der Waals surface area contributed by atoms with Crippen molar-refractivity contribution in [3.63, 3.8) is 0 Å². The van der Waals surface area contributed by atoms with E-state index in [0.29, 0.717) is 0 Å². The summed E-state index contributed by atoms with van der Waals surface area (Å²) in [6.07, 6.45) is 0. The quantitative estimate of drug-likeness (QED) is 0.287. The first-order valence-electron chi connectivity index (χ1n) is 0.730. The average molecular weight is 171 g/mol. The third kappa shape index (κ3) is 161. The zero-order valence-electron chi connectivity index (χ0n) is 4.46. The molecule has 0 rings (SSSR count). The number of hydrogen-bond acceptors (Lipinski definition) is 4. The van der Waals surface area contributed by atoms with E-state index in [1.54, 1.807) is 0 Å². The van der Waals surface area contributed by atoms with E-state index < -0.39 is 7.82 Å². The largest absolute Gasteiger partial charge is 1.00 e. The van der Waals surface area contributed by atoms with Crippen molar-refractivity contribution < 1.29 is 61.2 Å². The smallest absolute Gasteiger partial charge is 1.00 e. The summed E-state index contributed by atoms with van der Waals surface area (Å²) in [5.74, 6) is 0. The minimum Gasteiger partial charge on any atom is -1.00 e. The maximum atomic E-state index is 8.55. The van der Waals surface area contributed by atoms with Gasteiger partial charge in [-0.1, -0.05) is 0 Å². The van der Waals surface area contributed by atoms with Crippen molar-refractivity contribution >= 4 is 7.82 Å². The van der Waals surface area contributed by atoms with Gasteiger partial charge in [-0.2, -0.15) is 7.82 Å². The molecule has 48 valence electrons. The van der Waals surface area contributed by atoms with Crippen molar-refractivity contribution in [2.75, 3.05) is 0 Å². The first kappa shape index (κ1) is 22.8. The molecule has 0 aliphatic heterocycles. The Kier molecular flexibility index (Phi) is 23.8.